The topological polar surface area (TPSA) is 32.3 Å². The van der Waals surface area contributed by atoms with E-state index in [-0.39, 0.29) is 6.61 Å². The fraction of sp³-hybridized carbons (Fsp3) is 0.818. The lowest BCUT2D eigenvalue weighted by Gasteiger charge is -2.02. The van der Waals surface area contributed by atoms with Crippen molar-refractivity contribution in [3.8, 4) is 0 Å². The molecule has 0 radical (unpaired) electrons. The van der Waals surface area contributed by atoms with Gasteiger partial charge >= 0.3 is 0 Å². The smallest absolute Gasteiger partial charge is 0.0556 e. The quantitative estimate of drug-likeness (QED) is 0.448. The number of aliphatic hydroxyl groups is 1. The first-order chi connectivity index (χ1) is 6.31. The summed E-state index contributed by atoms with van der Waals surface area (Å²) >= 11 is 0. The van der Waals surface area contributed by atoms with Crippen LogP contribution in [0, 0.1) is 0 Å². The Morgan fingerprint density at radius 2 is 2.15 bits per heavy atom. The minimum absolute atomic E-state index is 0.225. The summed E-state index contributed by atoms with van der Waals surface area (Å²) in [7, 11) is 0. The van der Waals surface area contributed by atoms with E-state index in [0.717, 1.165) is 6.54 Å². The second-order valence-electron chi connectivity index (χ2n) is 3.45. The van der Waals surface area contributed by atoms with Crippen LogP contribution in [0.3, 0.4) is 0 Å². The van der Waals surface area contributed by atoms with Crippen LogP contribution in [0.2, 0.25) is 0 Å². The molecule has 0 unspecified atom stereocenters. The molecule has 0 heterocycles. The molecule has 0 aromatic rings. The molecule has 0 aliphatic heterocycles. The predicted octanol–water partition coefficient (Wildman–Crippen LogP) is 2.09. The summed E-state index contributed by atoms with van der Waals surface area (Å²) < 4.78 is 0. The van der Waals surface area contributed by atoms with Crippen LogP contribution in [0.25, 0.3) is 0 Å². The molecule has 0 aliphatic rings. The maximum absolute atomic E-state index is 8.54. The molecule has 0 aromatic carbocycles. The van der Waals surface area contributed by atoms with Gasteiger partial charge in [0.15, 0.2) is 0 Å². The largest absolute Gasteiger partial charge is 0.395 e. The Kier molecular flexibility index (Phi) is 9.49. The van der Waals surface area contributed by atoms with Crippen LogP contribution in [-0.4, -0.2) is 24.8 Å². The van der Waals surface area contributed by atoms with Crippen molar-refractivity contribution < 1.29 is 5.11 Å². The Morgan fingerprint density at radius 1 is 1.38 bits per heavy atom. The SMILES string of the molecule is CCCCCC=C(C)CNCCO. The molecule has 0 rings (SSSR count). The van der Waals surface area contributed by atoms with E-state index in [2.05, 4.69) is 25.2 Å². The number of nitrogens with one attached hydrogen (secondary N) is 1. The van der Waals surface area contributed by atoms with Gasteiger partial charge in [0.1, 0.15) is 0 Å². The first kappa shape index (κ1) is 12.7. The van der Waals surface area contributed by atoms with Gasteiger partial charge in [-0.1, -0.05) is 31.4 Å². The fourth-order valence-corrected chi connectivity index (χ4v) is 1.18. The highest BCUT2D eigenvalue weighted by Crippen LogP contribution is 2.02. The summed E-state index contributed by atoms with van der Waals surface area (Å²) in [4.78, 5) is 0. The van der Waals surface area contributed by atoms with Crippen molar-refractivity contribution in [2.45, 2.75) is 39.5 Å². The van der Waals surface area contributed by atoms with E-state index in [9.17, 15) is 0 Å². The average molecular weight is 185 g/mol. The number of aliphatic hydroxyl groups excluding tert-OH is 1. The van der Waals surface area contributed by atoms with E-state index in [1.807, 2.05) is 0 Å². The van der Waals surface area contributed by atoms with Crippen molar-refractivity contribution in [1.82, 2.24) is 5.32 Å². The molecule has 0 bridgehead atoms. The van der Waals surface area contributed by atoms with E-state index in [1.54, 1.807) is 0 Å². The molecular formula is C11H23NO. The maximum Gasteiger partial charge on any atom is 0.0556 e. The molecule has 0 aromatic heterocycles. The Morgan fingerprint density at radius 3 is 2.77 bits per heavy atom. The summed E-state index contributed by atoms with van der Waals surface area (Å²) in [6.45, 7) is 6.19. The monoisotopic (exact) mass is 185 g/mol. The number of hydrogen-bond acceptors (Lipinski definition) is 2. The van der Waals surface area contributed by atoms with Crippen LogP contribution < -0.4 is 5.32 Å². The van der Waals surface area contributed by atoms with Crippen molar-refractivity contribution in [3.05, 3.63) is 11.6 Å². The molecule has 0 amide bonds. The van der Waals surface area contributed by atoms with E-state index in [4.69, 9.17) is 5.11 Å². The molecule has 0 aliphatic carbocycles. The van der Waals surface area contributed by atoms with Crippen LogP contribution >= 0.6 is 0 Å². The van der Waals surface area contributed by atoms with Gasteiger partial charge in [-0.2, -0.15) is 0 Å². The average Bonchev–Trinajstić information content (AvgIpc) is 2.13. The molecule has 0 saturated heterocycles. The summed E-state index contributed by atoms with van der Waals surface area (Å²) in [5.74, 6) is 0. The Bertz CT molecular complexity index is 132. The van der Waals surface area contributed by atoms with Crippen LogP contribution in [0.1, 0.15) is 39.5 Å². The normalized spacial score (nSPS) is 12.1. The fourth-order valence-electron chi connectivity index (χ4n) is 1.18. The van der Waals surface area contributed by atoms with Gasteiger partial charge in [-0.15, -0.1) is 0 Å². The van der Waals surface area contributed by atoms with Crippen molar-refractivity contribution in [2.24, 2.45) is 0 Å². The predicted molar refractivity (Wildman–Crippen MR) is 57.9 cm³/mol. The van der Waals surface area contributed by atoms with Crippen molar-refractivity contribution in [1.29, 1.82) is 0 Å². The lowest BCUT2D eigenvalue weighted by molar-refractivity contribution is 0.294. The van der Waals surface area contributed by atoms with Gasteiger partial charge in [0.25, 0.3) is 0 Å². The van der Waals surface area contributed by atoms with Gasteiger partial charge in [-0.3, -0.25) is 0 Å². The molecule has 0 fully saturated rings. The van der Waals surface area contributed by atoms with Crippen LogP contribution in [-0.2, 0) is 0 Å². The third kappa shape index (κ3) is 9.57. The molecular weight excluding hydrogens is 162 g/mol. The van der Waals surface area contributed by atoms with Gasteiger partial charge in [0, 0.05) is 13.1 Å². The van der Waals surface area contributed by atoms with Crippen LogP contribution in [0.15, 0.2) is 11.6 Å². The molecule has 13 heavy (non-hydrogen) atoms. The number of unbranched alkanes of at least 4 members (excludes halogenated alkanes) is 3. The summed E-state index contributed by atoms with van der Waals surface area (Å²) in [6.07, 6.45) is 7.40. The molecule has 0 spiro atoms. The molecule has 0 saturated carbocycles. The second kappa shape index (κ2) is 9.75. The molecule has 2 nitrogen and oxygen atoms in total. The summed E-state index contributed by atoms with van der Waals surface area (Å²) in [6, 6.07) is 0. The third-order valence-electron chi connectivity index (χ3n) is 1.99. The van der Waals surface area contributed by atoms with Gasteiger partial charge in [-0.25, -0.2) is 0 Å². The maximum atomic E-state index is 8.54. The van der Waals surface area contributed by atoms with Crippen molar-refractivity contribution in [2.75, 3.05) is 19.7 Å². The highest BCUT2D eigenvalue weighted by Gasteiger charge is 1.89. The standard InChI is InChI=1S/C11H23NO/c1-3-4-5-6-7-11(2)10-12-8-9-13/h7,12-13H,3-6,8-10H2,1-2H3. The third-order valence-corrected chi connectivity index (χ3v) is 1.99. The van der Waals surface area contributed by atoms with Crippen LogP contribution in [0.5, 0.6) is 0 Å². The van der Waals surface area contributed by atoms with E-state index < -0.39 is 0 Å². The summed E-state index contributed by atoms with van der Waals surface area (Å²) in [5.41, 5.74) is 1.38. The Hall–Kier alpha value is -0.340. The number of rotatable bonds is 8. The van der Waals surface area contributed by atoms with E-state index >= 15 is 0 Å². The van der Waals surface area contributed by atoms with E-state index in [0.29, 0.717) is 6.54 Å². The van der Waals surface area contributed by atoms with Crippen molar-refractivity contribution in [3.63, 3.8) is 0 Å². The molecule has 2 N–H and O–H groups in total. The molecule has 2 heteroatoms. The lowest BCUT2D eigenvalue weighted by atomic mass is 10.1. The van der Waals surface area contributed by atoms with E-state index in [1.165, 1.54) is 31.3 Å². The highest BCUT2D eigenvalue weighted by molar-refractivity contribution is 4.99. The zero-order chi connectivity index (χ0) is 9.94. The Labute approximate surface area is 82.0 Å². The van der Waals surface area contributed by atoms with Crippen LogP contribution in [0.4, 0.5) is 0 Å². The first-order valence-corrected chi connectivity index (χ1v) is 5.28. The van der Waals surface area contributed by atoms with Gasteiger partial charge in [0.05, 0.1) is 6.61 Å². The summed E-state index contributed by atoms with van der Waals surface area (Å²) in [5, 5.41) is 11.7. The molecule has 0 atom stereocenters. The first-order valence-electron chi connectivity index (χ1n) is 5.28. The second-order valence-corrected chi connectivity index (χ2v) is 3.45. The minimum atomic E-state index is 0.225. The van der Waals surface area contributed by atoms with Gasteiger partial charge < -0.3 is 10.4 Å². The zero-order valence-corrected chi connectivity index (χ0v) is 8.97. The zero-order valence-electron chi connectivity index (χ0n) is 8.97. The number of hydrogen-bond donors (Lipinski definition) is 2. The number of allylic oxidation sites excluding steroid dienone is 1. The molecule has 78 valence electrons. The minimum Gasteiger partial charge on any atom is -0.395 e. The van der Waals surface area contributed by atoms with Gasteiger partial charge in [-0.05, 0) is 19.8 Å². The van der Waals surface area contributed by atoms with Crippen molar-refractivity contribution >= 4 is 0 Å². The highest BCUT2D eigenvalue weighted by atomic mass is 16.3. The van der Waals surface area contributed by atoms with Gasteiger partial charge in [0.2, 0.25) is 0 Å². The lowest BCUT2D eigenvalue weighted by Crippen LogP contribution is -2.19. The Balaban J connectivity index is 3.29.